The quantitative estimate of drug-likeness (QED) is 0.532. The van der Waals surface area contributed by atoms with E-state index in [-0.39, 0.29) is 5.78 Å². The number of nitrogens with zero attached hydrogens (tertiary/aromatic N) is 1. The highest BCUT2D eigenvalue weighted by atomic mass is 16.3. The molecule has 1 aromatic carbocycles. The van der Waals surface area contributed by atoms with Crippen LogP contribution in [0.1, 0.15) is 52.0 Å². The lowest BCUT2D eigenvalue weighted by molar-refractivity contribution is -0.113. The van der Waals surface area contributed by atoms with Crippen LogP contribution in [0.25, 0.3) is 11.1 Å². The van der Waals surface area contributed by atoms with E-state index in [1.807, 2.05) is 39.0 Å². The fourth-order valence-corrected chi connectivity index (χ4v) is 2.69. The van der Waals surface area contributed by atoms with Crippen molar-refractivity contribution in [1.82, 2.24) is 4.98 Å². The Morgan fingerprint density at radius 1 is 1.20 bits per heavy atom. The molecule has 0 radical (unpaired) electrons. The van der Waals surface area contributed by atoms with Gasteiger partial charge < -0.3 is 4.42 Å². The summed E-state index contributed by atoms with van der Waals surface area (Å²) >= 11 is 0. The summed E-state index contributed by atoms with van der Waals surface area (Å²) < 4.78 is 5.79. The van der Waals surface area contributed by atoms with E-state index in [1.165, 1.54) is 0 Å². The SMILES string of the molecule is CC(C)=C(CCCc1nc2ccc(C)cc2o1)C(=O)/C(C)=C(/C)C=O. The molecule has 4 heteroatoms. The summed E-state index contributed by atoms with van der Waals surface area (Å²) in [6, 6.07) is 5.95. The summed E-state index contributed by atoms with van der Waals surface area (Å²) in [5.41, 5.74) is 5.55. The van der Waals surface area contributed by atoms with Crippen molar-refractivity contribution < 1.29 is 14.0 Å². The van der Waals surface area contributed by atoms with Gasteiger partial charge in [0.05, 0.1) is 0 Å². The number of rotatable bonds is 7. The minimum atomic E-state index is -0.0437. The van der Waals surface area contributed by atoms with Crippen LogP contribution in [0, 0.1) is 6.92 Å². The van der Waals surface area contributed by atoms with Gasteiger partial charge in [-0.2, -0.15) is 0 Å². The van der Waals surface area contributed by atoms with Crippen LogP contribution >= 0.6 is 0 Å². The molecular formula is C21H25NO3. The van der Waals surface area contributed by atoms with Crippen LogP contribution in [0.15, 0.2) is 44.9 Å². The Morgan fingerprint density at radius 3 is 2.56 bits per heavy atom. The number of aldehydes is 1. The summed E-state index contributed by atoms with van der Waals surface area (Å²) in [6.45, 7) is 9.25. The van der Waals surface area contributed by atoms with E-state index in [9.17, 15) is 9.59 Å². The third-order valence-electron chi connectivity index (χ3n) is 4.39. The maximum absolute atomic E-state index is 12.6. The van der Waals surface area contributed by atoms with Crippen molar-refractivity contribution in [3.8, 4) is 0 Å². The first kappa shape index (κ1) is 18.8. The molecule has 1 aromatic heterocycles. The van der Waals surface area contributed by atoms with Gasteiger partial charge in [-0.05, 0) is 76.3 Å². The van der Waals surface area contributed by atoms with Gasteiger partial charge in [0.2, 0.25) is 0 Å². The average molecular weight is 339 g/mol. The molecule has 0 aliphatic rings. The minimum absolute atomic E-state index is 0.0437. The number of ketones is 1. The molecule has 132 valence electrons. The largest absolute Gasteiger partial charge is 0.441 e. The molecule has 0 amide bonds. The Balaban J connectivity index is 2.08. The van der Waals surface area contributed by atoms with Gasteiger partial charge in [0.15, 0.2) is 17.3 Å². The maximum Gasteiger partial charge on any atom is 0.195 e. The minimum Gasteiger partial charge on any atom is -0.441 e. The third-order valence-corrected chi connectivity index (χ3v) is 4.39. The van der Waals surface area contributed by atoms with Crippen molar-refractivity contribution in [2.75, 3.05) is 0 Å². The van der Waals surface area contributed by atoms with Crippen molar-refractivity contribution in [3.63, 3.8) is 0 Å². The topological polar surface area (TPSA) is 60.2 Å². The maximum atomic E-state index is 12.6. The Labute approximate surface area is 148 Å². The number of aryl methyl sites for hydroxylation is 2. The average Bonchev–Trinajstić information content (AvgIpc) is 2.98. The molecule has 0 spiro atoms. The van der Waals surface area contributed by atoms with Crippen molar-refractivity contribution in [2.45, 2.75) is 53.9 Å². The number of aromatic nitrogens is 1. The second-order valence-corrected chi connectivity index (χ2v) is 6.67. The number of hydrogen-bond donors (Lipinski definition) is 0. The molecule has 2 aromatic rings. The van der Waals surface area contributed by atoms with Gasteiger partial charge in [-0.1, -0.05) is 11.6 Å². The van der Waals surface area contributed by atoms with Gasteiger partial charge in [-0.3, -0.25) is 9.59 Å². The standard InChI is InChI=1S/C21H25NO3/c1-13(2)17(21(24)16(5)15(4)12-23)7-6-8-20-22-18-10-9-14(3)11-19(18)25-20/h9-12H,6-8H2,1-5H3/b16-15-. The van der Waals surface area contributed by atoms with Gasteiger partial charge in [-0.15, -0.1) is 0 Å². The number of Topliss-reactive ketones (excluding diaryl/α,β-unsaturated/α-hetero) is 1. The van der Waals surface area contributed by atoms with E-state index >= 15 is 0 Å². The summed E-state index contributed by atoms with van der Waals surface area (Å²) in [6.07, 6.45) is 2.82. The van der Waals surface area contributed by atoms with Gasteiger partial charge in [0.1, 0.15) is 11.8 Å². The van der Waals surface area contributed by atoms with Crippen molar-refractivity contribution in [3.05, 3.63) is 51.9 Å². The monoisotopic (exact) mass is 339 g/mol. The zero-order valence-electron chi connectivity index (χ0n) is 15.6. The van der Waals surface area contributed by atoms with Crippen molar-refractivity contribution in [1.29, 1.82) is 0 Å². The first-order valence-corrected chi connectivity index (χ1v) is 8.53. The number of carbonyl (C=O) groups excluding carboxylic acids is 2. The lowest BCUT2D eigenvalue weighted by atomic mass is 9.94. The van der Waals surface area contributed by atoms with E-state index in [4.69, 9.17) is 4.42 Å². The summed E-state index contributed by atoms with van der Waals surface area (Å²) in [5.74, 6) is 0.648. The predicted octanol–water partition coefficient (Wildman–Crippen LogP) is 4.90. The van der Waals surface area contributed by atoms with Crippen molar-refractivity contribution in [2.24, 2.45) is 0 Å². The summed E-state index contributed by atoms with van der Waals surface area (Å²) in [5, 5.41) is 0. The molecule has 0 atom stereocenters. The van der Waals surface area contributed by atoms with Crippen LogP contribution in [-0.2, 0) is 16.0 Å². The molecule has 0 bridgehead atoms. The highest BCUT2D eigenvalue weighted by molar-refractivity contribution is 6.10. The van der Waals surface area contributed by atoms with Gasteiger partial charge in [0.25, 0.3) is 0 Å². The van der Waals surface area contributed by atoms with Crippen LogP contribution < -0.4 is 0 Å². The van der Waals surface area contributed by atoms with Gasteiger partial charge >= 0.3 is 0 Å². The molecule has 0 unspecified atom stereocenters. The molecule has 0 N–H and O–H groups in total. The zero-order chi connectivity index (χ0) is 18.6. The first-order valence-electron chi connectivity index (χ1n) is 8.53. The van der Waals surface area contributed by atoms with Crippen LogP contribution in [0.4, 0.5) is 0 Å². The molecule has 4 nitrogen and oxygen atoms in total. The smallest absolute Gasteiger partial charge is 0.195 e. The fourth-order valence-electron chi connectivity index (χ4n) is 2.69. The lowest BCUT2D eigenvalue weighted by Gasteiger charge is -2.10. The van der Waals surface area contributed by atoms with Crippen LogP contribution in [0.2, 0.25) is 0 Å². The molecule has 0 aliphatic carbocycles. The lowest BCUT2D eigenvalue weighted by Crippen LogP contribution is -2.09. The summed E-state index contributed by atoms with van der Waals surface area (Å²) in [4.78, 5) is 28.0. The van der Waals surface area contributed by atoms with Gasteiger partial charge in [-0.25, -0.2) is 4.98 Å². The number of allylic oxidation sites excluding steroid dienone is 4. The number of benzene rings is 1. The molecule has 25 heavy (non-hydrogen) atoms. The molecule has 0 fully saturated rings. The van der Waals surface area contributed by atoms with Gasteiger partial charge in [0, 0.05) is 12.0 Å². The highest BCUT2D eigenvalue weighted by Gasteiger charge is 2.15. The van der Waals surface area contributed by atoms with E-state index in [0.29, 0.717) is 29.9 Å². The molecule has 0 saturated carbocycles. The summed E-state index contributed by atoms with van der Waals surface area (Å²) in [7, 11) is 0. The first-order chi connectivity index (χ1) is 11.8. The van der Waals surface area contributed by atoms with E-state index in [2.05, 4.69) is 4.98 Å². The molecule has 2 rings (SSSR count). The zero-order valence-corrected chi connectivity index (χ0v) is 15.6. The predicted molar refractivity (Wildman–Crippen MR) is 99.5 cm³/mol. The van der Waals surface area contributed by atoms with E-state index in [0.717, 1.165) is 40.5 Å². The number of carbonyl (C=O) groups is 2. The third kappa shape index (κ3) is 4.53. The van der Waals surface area contributed by atoms with Crippen LogP contribution in [-0.4, -0.2) is 17.1 Å². The van der Waals surface area contributed by atoms with Crippen molar-refractivity contribution >= 4 is 23.2 Å². The Kier molecular flexibility index (Phi) is 6.07. The Bertz CT molecular complexity index is 864. The molecule has 0 aliphatic heterocycles. The number of fused-ring (bicyclic) bond motifs is 1. The second-order valence-electron chi connectivity index (χ2n) is 6.67. The van der Waals surface area contributed by atoms with E-state index < -0.39 is 0 Å². The Hall–Kier alpha value is -2.49. The molecular weight excluding hydrogens is 314 g/mol. The molecule has 1 heterocycles. The van der Waals surface area contributed by atoms with Crippen LogP contribution in [0.3, 0.4) is 0 Å². The second kappa shape index (κ2) is 8.06. The van der Waals surface area contributed by atoms with E-state index in [1.54, 1.807) is 13.8 Å². The number of hydrogen-bond acceptors (Lipinski definition) is 4. The Morgan fingerprint density at radius 2 is 1.92 bits per heavy atom. The fraction of sp³-hybridized carbons (Fsp3) is 0.381. The highest BCUT2D eigenvalue weighted by Crippen LogP contribution is 2.22. The van der Waals surface area contributed by atoms with Crippen LogP contribution in [0.5, 0.6) is 0 Å². The normalized spacial score (nSPS) is 12.0. The number of oxazole rings is 1. The molecule has 0 saturated heterocycles.